The number of ether oxygens (including phenoxy) is 1. The van der Waals surface area contributed by atoms with Gasteiger partial charge in [-0.15, -0.1) is 0 Å². The Bertz CT molecular complexity index is 901. The maximum Gasteiger partial charge on any atom is 0.274 e. The first kappa shape index (κ1) is 17.1. The summed E-state index contributed by atoms with van der Waals surface area (Å²) in [4.78, 5) is 14.2. The van der Waals surface area contributed by atoms with E-state index in [4.69, 9.17) is 20.8 Å². The van der Waals surface area contributed by atoms with Crippen LogP contribution in [0.3, 0.4) is 0 Å². The predicted molar refractivity (Wildman–Crippen MR) is 94.8 cm³/mol. The van der Waals surface area contributed by atoms with E-state index < -0.39 is 0 Å². The number of aromatic amines is 1. The molecule has 0 aliphatic carbocycles. The number of amides is 1. The van der Waals surface area contributed by atoms with Gasteiger partial charge in [0.15, 0.2) is 11.5 Å². The van der Waals surface area contributed by atoms with Gasteiger partial charge in [0.2, 0.25) is 0 Å². The van der Waals surface area contributed by atoms with Crippen LogP contribution in [0.4, 0.5) is 0 Å². The smallest absolute Gasteiger partial charge is 0.274 e. The minimum absolute atomic E-state index is 0.215. The lowest BCUT2D eigenvalue weighted by Crippen LogP contribution is -2.26. The van der Waals surface area contributed by atoms with Crippen molar-refractivity contribution in [2.24, 2.45) is 0 Å². The molecule has 2 heterocycles. The van der Waals surface area contributed by atoms with Crippen molar-refractivity contribution in [1.82, 2.24) is 15.1 Å². The second kappa shape index (κ2) is 7.03. The molecular weight excluding hydrogens is 342 g/mol. The number of nitrogens with one attached hydrogen (secondary N) is 1. The number of rotatable bonds is 5. The zero-order chi connectivity index (χ0) is 18.0. The highest BCUT2D eigenvalue weighted by atomic mass is 35.5. The molecular formula is C18H18ClN3O3. The van der Waals surface area contributed by atoms with E-state index in [0.717, 1.165) is 11.3 Å². The fourth-order valence-corrected chi connectivity index (χ4v) is 2.73. The molecule has 0 radical (unpaired) electrons. The maximum absolute atomic E-state index is 12.6. The summed E-state index contributed by atoms with van der Waals surface area (Å²) in [5.41, 5.74) is 1.79. The molecule has 1 amide bonds. The molecule has 3 rings (SSSR count). The summed E-state index contributed by atoms with van der Waals surface area (Å²) in [6.07, 6.45) is 0. The van der Waals surface area contributed by atoms with Gasteiger partial charge in [-0.2, -0.15) is 5.10 Å². The average Bonchev–Trinajstić information content (AvgIpc) is 3.23. The number of hydrogen-bond donors (Lipinski definition) is 1. The summed E-state index contributed by atoms with van der Waals surface area (Å²) >= 11 is 6.04. The third kappa shape index (κ3) is 3.69. The van der Waals surface area contributed by atoms with Crippen molar-refractivity contribution in [3.63, 3.8) is 0 Å². The van der Waals surface area contributed by atoms with E-state index in [2.05, 4.69) is 10.2 Å². The average molecular weight is 360 g/mol. The van der Waals surface area contributed by atoms with E-state index in [0.29, 0.717) is 34.5 Å². The van der Waals surface area contributed by atoms with Gasteiger partial charge in [0.25, 0.3) is 5.91 Å². The number of carbonyl (C=O) groups is 1. The van der Waals surface area contributed by atoms with Crippen molar-refractivity contribution in [2.75, 3.05) is 14.2 Å². The van der Waals surface area contributed by atoms with Gasteiger partial charge in [-0.3, -0.25) is 9.89 Å². The number of H-pyrrole nitrogens is 1. The van der Waals surface area contributed by atoms with Crippen molar-refractivity contribution in [3.8, 4) is 17.2 Å². The third-order valence-electron chi connectivity index (χ3n) is 3.80. The zero-order valence-electron chi connectivity index (χ0n) is 14.2. The quantitative estimate of drug-likeness (QED) is 0.749. The molecule has 0 spiro atoms. The van der Waals surface area contributed by atoms with Crippen LogP contribution in [0.2, 0.25) is 5.02 Å². The van der Waals surface area contributed by atoms with Crippen molar-refractivity contribution >= 4 is 17.5 Å². The van der Waals surface area contributed by atoms with Gasteiger partial charge in [0.05, 0.1) is 7.11 Å². The lowest BCUT2D eigenvalue weighted by atomic mass is 10.2. The molecule has 6 nitrogen and oxygen atoms in total. The van der Waals surface area contributed by atoms with Gasteiger partial charge in [0.1, 0.15) is 17.2 Å². The van der Waals surface area contributed by atoms with Crippen LogP contribution in [-0.4, -0.2) is 35.2 Å². The molecule has 0 aliphatic heterocycles. The monoisotopic (exact) mass is 359 g/mol. The molecule has 1 aromatic carbocycles. The lowest BCUT2D eigenvalue weighted by Gasteiger charge is -2.18. The maximum atomic E-state index is 12.6. The summed E-state index contributed by atoms with van der Waals surface area (Å²) in [7, 11) is 3.29. The van der Waals surface area contributed by atoms with E-state index in [-0.39, 0.29) is 5.91 Å². The standard InChI is InChI=1S/C18H18ClN3O3/c1-11-4-6-17(25-11)14-9-15(21-20-14)18(23)22(2)10-12-8-13(19)5-7-16(12)24-3/h4-9H,10H2,1-3H3,(H,20,21). The molecule has 0 saturated carbocycles. The predicted octanol–water partition coefficient (Wildman–Crippen LogP) is 3.91. The lowest BCUT2D eigenvalue weighted by molar-refractivity contribution is 0.0778. The Labute approximate surface area is 150 Å². The summed E-state index contributed by atoms with van der Waals surface area (Å²) < 4.78 is 10.9. The first-order valence-corrected chi connectivity index (χ1v) is 8.06. The second-order valence-electron chi connectivity index (χ2n) is 5.69. The molecule has 7 heteroatoms. The molecule has 0 atom stereocenters. The topological polar surface area (TPSA) is 71.4 Å². The third-order valence-corrected chi connectivity index (χ3v) is 4.03. The normalized spacial score (nSPS) is 10.7. The zero-order valence-corrected chi connectivity index (χ0v) is 14.9. The summed E-state index contributed by atoms with van der Waals surface area (Å²) in [5.74, 6) is 1.90. The van der Waals surface area contributed by atoms with Crippen molar-refractivity contribution < 1.29 is 13.9 Å². The van der Waals surface area contributed by atoms with Crippen LogP contribution in [0.25, 0.3) is 11.5 Å². The Morgan fingerprint density at radius 2 is 2.12 bits per heavy atom. The van der Waals surface area contributed by atoms with Crippen LogP contribution < -0.4 is 4.74 Å². The Morgan fingerprint density at radius 1 is 1.32 bits per heavy atom. The number of nitrogens with zero attached hydrogens (tertiary/aromatic N) is 2. The number of aryl methyl sites for hydroxylation is 1. The molecule has 130 valence electrons. The molecule has 0 unspecified atom stereocenters. The number of carbonyl (C=O) groups excluding carboxylic acids is 1. The van der Waals surface area contributed by atoms with Crippen molar-refractivity contribution in [3.05, 3.63) is 58.4 Å². The van der Waals surface area contributed by atoms with Gasteiger partial charge >= 0.3 is 0 Å². The molecule has 0 aliphatic rings. The summed E-state index contributed by atoms with van der Waals surface area (Å²) in [6, 6.07) is 10.7. The van der Waals surface area contributed by atoms with Gasteiger partial charge in [-0.25, -0.2) is 0 Å². The summed E-state index contributed by atoms with van der Waals surface area (Å²) in [5, 5.41) is 7.51. The minimum atomic E-state index is -0.215. The second-order valence-corrected chi connectivity index (χ2v) is 6.13. The SMILES string of the molecule is COc1ccc(Cl)cc1CN(C)C(=O)c1cc(-c2ccc(C)o2)[nH]n1. The van der Waals surface area contributed by atoms with Gasteiger partial charge < -0.3 is 14.1 Å². The Morgan fingerprint density at radius 3 is 2.80 bits per heavy atom. The highest BCUT2D eigenvalue weighted by Gasteiger charge is 2.18. The van der Waals surface area contributed by atoms with Crippen LogP contribution in [0.1, 0.15) is 21.8 Å². The number of hydrogen-bond acceptors (Lipinski definition) is 4. The molecule has 25 heavy (non-hydrogen) atoms. The first-order chi connectivity index (χ1) is 12.0. The molecule has 0 bridgehead atoms. The van der Waals surface area contributed by atoms with Crippen LogP contribution in [0, 0.1) is 6.92 Å². The minimum Gasteiger partial charge on any atom is -0.496 e. The van der Waals surface area contributed by atoms with E-state index in [9.17, 15) is 4.79 Å². The highest BCUT2D eigenvalue weighted by Crippen LogP contribution is 2.25. The fraction of sp³-hybridized carbons (Fsp3) is 0.222. The Kier molecular flexibility index (Phi) is 4.81. The number of halogens is 1. The van der Waals surface area contributed by atoms with E-state index in [1.165, 1.54) is 0 Å². The summed E-state index contributed by atoms with van der Waals surface area (Å²) in [6.45, 7) is 2.21. The number of aromatic nitrogens is 2. The number of methoxy groups -OCH3 is 1. The van der Waals surface area contributed by atoms with E-state index in [1.54, 1.807) is 43.3 Å². The van der Waals surface area contributed by atoms with Gasteiger partial charge in [0, 0.05) is 30.2 Å². The van der Waals surface area contributed by atoms with Crippen LogP contribution in [-0.2, 0) is 6.54 Å². The van der Waals surface area contributed by atoms with E-state index >= 15 is 0 Å². The largest absolute Gasteiger partial charge is 0.496 e. The van der Waals surface area contributed by atoms with Gasteiger partial charge in [-0.05, 0) is 37.3 Å². The Hall–Kier alpha value is -2.73. The number of benzene rings is 1. The fourth-order valence-electron chi connectivity index (χ4n) is 2.53. The van der Waals surface area contributed by atoms with Gasteiger partial charge in [-0.1, -0.05) is 11.6 Å². The van der Waals surface area contributed by atoms with Crippen LogP contribution >= 0.6 is 11.6 Å². The molecule has 2 aromatic heterocycles. The molecule has 1 N–H and O–H groups in total. The molecule has 3 aromatic rings. The van der Waals surface area contributed by atoms with Crippen molar-refractivity contribution in [1.29, 1.82) is 0 Å². The molecule has 0 fully saturated rings. The van der Waals surface area contributed by atoms with Crippen LogP contribution in [0.15, 0.2) is 40.8 Å². The van der Waals surface area contributed by atoms with E-state index in [1.807, 2.05) is 19.1 Å². The molecule has 0 saturated heterocycles. The first-order valence-electron chi connectivity index (χ1n) is 7.68. The Balaban J connectivity index is 1.77. The van der Waals surface area contributed by atoms with Crippen molar-refractivity contribution in [2.45, 2.75) is 13.5 Å². The van der Waals surface area contributed by atoms with Crippen LogP contribution in [0.5, 0.6) is 5.75 Å². The number of furan rings is 1. The highest BCUT2D eigenvalue weighted by molar-refractivity contribution is 6.30.